The van der Waals surface area contributed by atoms with Crippen LogP contribution < -0.4 is 10.7 Å². The Morgan fingerprint density at radius 1 is 1.43 bits per heavy atom. The largest absolute Gasteiger partial charge is 0.388 e. The van der Waals surface area contributed by atoms with Crippen LogP contribution in [-0.2, 0) is 5.54 Å². The van der Waals surface area contributed by atoms with Gasteiger partial charge in [-0.25, -0.2) is 4.98 Å². The van der Waals surface area contributed by atoms with Gasteiger partial charge in [-0.1, -0.05) is 4.98 Å². The molecule has 0 amide bonds. The minimum absolute atomic E-state index is 0.0303. The summed E-state index contributed by atoms with van der Waals surface area (Å²) in [6.45, 7) is 6.42. The molecule has 0 fully saturated rings. The molecule has 0 aliphatic rings. The predicted molar refractivity (Wildman–Crippen MR) is 55.7 cm³/mol. The van der Waals surface area contributed by atoms with E-state index in [9.17, 15) is 0 Å². The molecule has 0 aliphatic heterocycles. The average molecular weight is 191 g/mol. The summed E-state index contributed by atoms with van der Waals surface area (Å²) in [4.78, 5) is 7.18. The molecule has 0 bridgehead atoms. The second-order valence-corrected chi connectivity index (χ2v) is 4.42. The number of nitrogens with two attached hydrogens (primary N) is 1. The molecule has 0 atom stereocenters. The summed E-state index contributed by atoms with van der Waals surface area (Å²) in [7, 11) is 0. The summed E-state index contributed by atoms with van der Waals surface area (Å²) in [6, 6.07) is 2.03. The third kappa shape index (κ3) is 1.32. The highest BCUT2D eigenvalue weighted by atomic mass is 15.1. The summed E-state index contributed by atoms with van der Waals surface area (Å²) in [6.07, 6.45) is 3.91. The van der Waals surface area contributed by atoms with E-state index in [1.54, 1.807) is 0 Å². The smallest absolute Gasteiger partial charge is 0.313 e. The van der Waals surface area contributed by atoms with Gasteiger partial charge in [0.15, 0.2) is 0 Å². The molecule has 3 N–H and O–H groups in total. The van der Waals surface area contributed by atoms with E-state index in [1.165, 1.54) is 0 Å². The first-order chi connectivity index (χ1) is 6.48. The lowest BCUT2D eigenvalue weighted by atomic mass is 10.1. The molecule has 2 aromatic heterocycles. The quantitative estimate of drug-likeness (QED) is 0.680. The Hall–Kier alpha value is -1.58. The summed E-state index contributed by atoms with van der Waals surface area (Å²) in [5.41, 5.74) is 6.57. The summed E-state index contributed by atoms with van der Waals surface area (Å²) in [5, 5.41) is 1.08. The highest BCUT2D eigenvalue weighted by Gasteiger charge is 2.18. The fourth-order valence-corrected chi connectivity index (χ4v) is 1.51. The third-order valence-electron chi connectivity index (χ3n) is 2.21. The van der Waals surface area contributed by atoms with Crippen LogP contribution >= 0.6 is 0 Å². The number of hydrogen-bond donors (Lipinski definition) is 1. The van der Waals surface area contributed by atoms with Crippen LogP contribution in [0.5, 0.6) is 0 Å². The fraction of sp³-hybridized carbons (Fsp3) is 0.400. The van der Waals surface area contributed by atoms with E-state index >= 15 is 0 Å². The van der Waals surface area contributed by atoms with E-state index < -0.39 is 0 Å². The van der Waals surface area contributed by atoms with Gasteiger partial charge in [0, 0.05) is 11.7 Å². The number of fused-ring (bicyclic) bond motifs is 1. The number of nitrogen functional groups attached to an aromatic ring is 1. The molecule has 0 aromatic carbocycles. The number of anilines is 1. The Bertz CT molecular complexity index is 464. The van der Waals surface area contributed by atoms with Crippen molar-refractivity contribution in [2.75, 3.05) is 5.73 Å². The zero-order valence-corrected chi connectivity index (χ0v) is 8.70. The molecule has 2 heterocycles. The minimum atomic E-state index is 0.0303. The third-order valence-corrected chi connectivity index (χ3v) is 2.21. The number of rotatable bonds is 0. The molecular weight excluding hydrogens is 176 g/mol. The van der Waals surface area contributed by atoms with Gasteiger partial charge in [0.05, 0.1) is 11.6 Å². The first-order valence-electron chi connectivity index (χ1n) is 4.64. The number of nitrogens with one attached hydrogen (secondary N) is 1. The van der Waals surface area contributed by atoms with Crippen molar-refractivity contribution in [2.24, 2.45) is 0 Å². The van der Waals surface area contributed by atoms with Crippen molar-refractivity contribution in [1.82, 2.24) is 9.55 Å². The molecule has 4 nitrogen and oxygen atoms in total. The predicted octanol–water partition coefficient (Wildman–Crippen LogP) is 1.19. The fourth-order valence-electron chi connectivity index (χ4n) is 1.51. The van der Waals surface area contributed by atoms with Crippen LogP contribution in [0, 0.1) is 0 Å². The molecule has 0 saturated heterocycles. The van der Waals surface area contributed by atoms with Gasteiger partial charge in [-0.2, -0.15) is 0 Å². The Labute approximate surface area is 82.8 Å². The summed E-state index contributed by atoms with van der Waals surface area (Å²) < 4.78 is 2.12. The average Bonchev–Trinajstić information content (AvgIpc) is 2.45. The van der Waals surface area contributed by atoms with Gasteiger partial charge in [-0.05, 0) is 26.8 Å². The van der Waals surface area contributed by atoms with Crippen molar-refractivity contribution in [1.29, 1.82) is 0 Å². The maximum absolute atomic E-state index is 5.62. The van der Waals surface area contributed by atoms with E-state index in [4.69, 9.17) is 5.73 Å². The van der Waals surface area contributed by atoms with Gasteiger partial charge in [0.25, 0.3) is 0 Å². The first-order valence-corrected chi connectivity index (χ1v) is 4.64. The van der Waals surface area contributed by atoms with Crippen LogP contribution in [0.2, 0.25) is 0 Å². The molecular formula is C10H15N4+. The molecule has 2 aromatic rings. The summed E-state index contributed by atoms with van der Waals surface area (Å²) in [5.74, 6) is 0.446. The molecule has 0 unspecified atom stereocenters. The maximum Gasteiger partial charge on any atom is 0.388 e. The summed E-state index contributed by atoms with van der Waals surface area (Å²) >= 11 is 0. The van der Waals surface area contributed by atoms with Crippen molar-refractivity contribution < 1.29 is 4.98 Å². The van der Waals surface area contributed by atoms with Crippen molar-refractivity contribution >= 4 is 17.0 Å². The van der Waals surface area contributed by atoms with Crippen molar-refractivity contribution in [3.63, 3.8) is 0 Å². The van der Waals surface area contributed by atoms with E-state index in [0.29, 0.717) is 5.95 Å². The van der Waals surface area contributed by atoms with Gasteiger partial charge < -0.3 is 4.57 Å². The minimum Gasteiger partial charge on any atom is -0.313 e. The van der Waals surface area contributed by atoms with E-state index in [0.717, 1.165) is 11.0 Å². The van der Waals surface area contributed by atoms with Gasteiger partial charge in [-0.3, -0.25) is 5.73 Å². The van der Waals surface area contributed by atoms with E-state index in [1.807, 2.05) is 18.5 Å². The van der Waals surface area contributed by atoms with Gasteiger partial charge in [-0.15, -0.1) is 0 Å². The Morgan fingerprint density at radius 3 is 2.79 bits per heavy atom. The molecule has 4 heteroatoms. The van der Waals surface area contributed by atoms with Crippen LogP contribution in [0.15, 0.2) is 18.5 Å². The van der Waals surface area contributed by atoms with Crippen LogP contribution in [0.4, 0.5) is 5.95 Å². The normalized spacial score (nSPS) is 12.2. The molecule has 0 saturated carbocycles. The highest BCUT2D eigenvalue weighted by molar-refractivity contribution is 5.75. The Kier molecular flexibility index (Phi) is 1.74. The second-order valence-electron chi connectivity index (χ2n) is 4.42. The van der Waals surface area contributed by atoms with Crippen molar-refractivity contribution in [3.8, 4) is 0 Å². The molecule has 0 radical (unpaired) electrons. The number of aromatic amines is 1. The topological polar surface area (TPSA) is 58.0 Å². The Morgan fingerprint density at radius 2 is 2.14 bits per heavy atom. The number of nitrogens with zero attached hydrogens (tertiary/aromatic N) is 2. The standard InChI is InChI=1S/C10H14N4/c1-10(2,3)14-5-4-7-6-12-9(11)13-8(7)14/h4-6H,1-3H3,(H2,11,12,13)/p+1. The lowest BCUT2D eigenvalue weighted by molar-refractivity contribution is -0.362. The van der Waals surface area contributed by atoms with Gasteiger partial charge in [0.1, 0.15) is 0 Å². The molecule has 2 rings (SSSR count). The Balaban J connectivity index is 2.73. The van der Waals surface area contributed by atoms with Gasteiger partial charge in [0.2, 0.25) is 5.65 Å². The number of hydrogen-bond acceptors (Lipinski definition) is 2. The lowest BCUT2D eigenvalue weighted by Gasteiger charge is -2.20. The van der Waals surface area contributed by atoms with Crippen LogP contribution in [-0.4, -0.2) is 9.55 Å². The highest BCUT2D eigenvalue weighted by Crippen LogP contribution is 2.21. The lowest BCUT2D eigenvalue weighted by Crippen LogP contribution is -2.22. The first kappa shape index (κ1) is 8.99. The van der Waals surface area contributed by atoms with E-state index in [2.05, 4.69) is 35.3 Å². The van der Waals surface area contributed by atoms with Crippen LogP contribution in [0.1, 0.15) is 20.8 Å². The van der Waals surface area contributed by atoms with Gasteiger partial charge >= 0.3 is 5.95 Å². The van der Waals surface area contributed by atoms with E-state index in [-0.39, 0.29) is 5.54 Å². The maximum atomic E-state index is 5.62. The number of aromatic nitrogens is 3. The van der Waals surface area contributed by atoms with Crippen molar-refractivity contribution in [3.05, 3.63) is 18.5 Å². The molecule has 74 valence electrons. The monoisotopic (exact) mass is 191 g/mol. The zero-order chi connectivity index (χ0) is 10.3. The number of H-pyrrole nitrogens is 1. The molecule has 14 heavy (non-hydrogen) atoms. The molecule has 0 spiro atoms. The molecule has 0 aliphatic carbocycles. The SMILES string of the molecule is CC(C)(C)n1ccc2c[nH+]c(N)nc21. The van der Waals surface area contributed by atoms with Crippen molar-refractivity contribution in [2.45, 2.75) is 26.3 Å². The van der Waals surface area contributed by atoms with Crippen LogP contribution in [0.3, 0.4) is 0 Å². The van der Waals surface area contributed by atoms with Crippen LogP contribution in [0.25, 0.3) is 11.0 Å². The zero-order valence-electron chi connectivity index (χ0n) is 8.70. The second kappa shape index (κ2) is 2.70.